The van der Waals surface area contributed by atoms with Gasteiger partial charge in [0.15, 0.2) is 0 Å². The van der Waals surface area contributed by atoms with E-state index in [0.717, 1.165) is 19.5 Å². The maximum Gasteiger partial charge on any atom is 0.0278 e. The van der Waals surface area contributed by atoms with Gasteiger partial charge >= 0.3 is 0 Å². The minimum Gasteiger partial charge on any atom is -0.311 e. The van der Waals surface area contributed by atoms with Crippen molar-refractivity contribution in [2.24, 2.45) is 0 Å². The molecular formula is C18H31N3. The first-order valence-electron chi connectivity index (χ1n) is 8.24. The minimum absolute atomic E-state index is 0.225. The molecule has 1 aliphatic rings. The van der Waals surface area contributed by atoms with Gasteiger partial charge in [-0.1, -0.05) is 31.2 Å². The molecule has 118 valence electrons. The third-order valence-electron chi connectivity index (χ3n) is 4.73. The Morgan fingerprint density at radius 2 is 1.67 bits per heavy atom. The highest BCUT2D eigenvalue weighted by molar-refractivity contribution is 5.26. The van der Waals surface area contributed by atoms with Crippen LogP contribution < -0.4 is 5.32 Å². The molecule has 1 aliphatic heterocycles. The largest absolute Gasteiger partial charge is 0.311 e. The van der Waals surface area contributed by atoms with Crippen molar-refractivity contribution in [2.45, 2.75) is 39.3 Å². The molecule has 1 saturated heterocycles. The molecule has 0 saturated carbocycles. The first kappa shape index (κ1) is 16.5. The van der Waals surface area contributed by atoms with E-state index in [1.165, 1.54) is 37.3 Å². The van der Waals surface area contributed by atoms with Gasteiger partial charge in [0.25, 0.3) is 0 Å². The van der Waals surface area contributed by atoms with E-state index >= 15 is 0 Å². The van der Waals surface area contributed by atoms with Gasteiger partial charge in [0.1, 0.15) is 0 Å². The topological polar surface area (TPSA) is 18.5 Å². The Balaban J connectivity index is 1.84. The molecule has 1 heterocycles. The zero-order chi connectivity index (χ0) is 15.3. The van der Waals surface area contributed by atoms with E-state index in [0.29, 0.717) is 0 Å². The molecule has 0 spiro atoms. The summed E-state index contributed by atoms with van der Waals surface area (Å²) in [5, 5.41) is 3.67. The molecular weight excluding hydrogens is 258 g/mol. The quantitative estimate of drug-likeness (QED) is 0.867. The van der Waals surface area contributed by atoms with E-state index < -0.39 is 0 Å². The van der Waals surface area contributed by atoms with E-state index in [1.807, 2.05) is 0 Å². The van der Waals surface area contributed by atoms with E-state index in [2.05, 4.69) is 67.2 Å². The van der Waals surface area contributed by atoms with Gasteiger partial charge in [0.2, 0.25) is 0 Å². The Labute approximate surface area is 130 Å². The van der Waals surface area contributed by atoms with Gasteiger partial charge in [-0.2, -0.15) is 0 Å². The van der Waals surface area contributed by atoms with Crippen LogP contribution in [-0.4, -0.2) is 55.1 Å². The maximum absolute atomic E-state index is 3.67. The Morgan fingerprint density at radius 3 is 2.29 bits per heavy atom. The van der Waals surface area contributed by atoms with Crippen LogP contribution in [0.15, 0.2) is 24.3 Å². The number of piperazine rings is 1. The van der Waals surface area contributed by atoms with Crippen molar-refractivity contribution in [2.75, 3.05) is 39.8 Å². The number of hydrogen-bond donors (Lipinski definition) is 1. The molecule has 1 aromatic carbocycles. The summed E-state index contributed by atoms with van der Waals surface area (Å²) in [5.74, 6) is 0. The summed E-state index contributed by atoms with van der Waals surface area (Å²) in [6.07, 6.45) is 1.11. The van der Waals surface area contributed by atoms with Crippen LogP contribution in [0.3, 0.4) is 0 Å². The fourth-order valence-corrected chi connectivity index (χ4v) is 3.10. The molecule has 3 heteroatoms. The van der Waals surface area contributed by atoms with E-state index in [-0.39, 0.29) is 5.54 Å². The number of nitrogens with zero attached hydrogens (tertiary/aromatic N) is 2. The second-order valence-corrected chi connectivity index (χ2v) is 6.83. The first-order valence-corrected chi connectivity index (χ1v) is 8.24. The number of nitrogens with one attached hydrogen (secondary N) is 1. The van der Waals surface area contributed by atoms with Gasteiger partial charge in [-0.3, -0.25) is 4.90 Å². The lowest BCUT2D eigenvalue weighted by molar-refractivity contribution is 0.0618. The van der Waals surface area contributed by atoms with Gasteiger partial charge in [-0.25, -0.2) is 0 Å². The maximum atomic E-state index is 3.67. The number of benzene rings is 1. The summed E-state index contributed by atoms with van der Waals surface area (Å²) in [5.41, 5.74) is 3.12. The van der Waals surface area contributed by atoms with Crippen LogP contribution in [0, 0.1) is 0 Å². The standard InChI is InChI=1S/C18H31N3/c1-5-16-8-6-7-9-17(16)14-19-15-18(2,3)21-12-10-20(4)11-13-21/h6-9,19H,5,10-15H2,1-4H3. The lowest BCUT2D eigenvalue weighted by Crippen LogP contribution is -2.57. The molecule has 0 bridgehead atoms. The average Bonchev–Trinajstić information content (AvgIpc) is 2.48. The summed E-state index contributed by atoms with van der Waals surface area (Å²) in [4.78, 5) is 5.03. The van der Waals surface area contributed by atoms with Crippen LogP contribution in [0.1, 0.15) is 31.9 Å². The van der Waals surface area contributed by atoms with Crippen LogP contribution in [0.4, 0.5) is 0 Å². The van der Waals surface area contributed by atoms with Crippen LogP contribution in [0.25, 0.3) is 0 Å². The van der Waals surface area contributed by atoms with Crippen molar-refractivity contribution >= 4 is 0 Å². The van der Waals surface area contributed by atoms with E-state index in [1.54, 1.807) is 0 Å². The molecule has 0 aliphatic carbocycles. The number of hydrogen-bond acceptors (Lipinski definition) is 3. The normalized spacial score (nSPS) is 18.1. The monoisotopic (exact) mass is 289 g/mol. The zero-order valence-corrected chi connectivity index (χ0v) is 14.2. The summed E-state index contributed by atoms with van der Waals surface area (Å²) in [7, 11) is 2.21. The van der Waals surface area contributed by atoms with Crippen molar-refractivity contribution in [1.29, 1.82) is 0 Å². The highest BCUT2D eigenvalue weighted by atomic mass is 15.3. The molecule has 3 nitrogen and oxygen atoms in total. The molecule has 1 fully saturated rings. The molecule has 1 N–H and O–H groups in total. The van der Waals surface area contributed by atoms with Crippen LogP contribution in [0.5, 0.6) is 0 Å². The molecule has 21 heavy (non-hydrogen) atoms. The number of rotatable bonds is 6. The first-order chi connectivity index (χ1) is 10.0. The fraction of sp³-hybridized carbons (Fsp3) is 0.667. The van der Waals surface area contributed by atoms with Crippen LogP contribution in [0.2, 0.25) is 0 Å². The molecule has 2 rings (SSSR count). The highest BCUT2D eigenvalue weighted by Crippen LogP contribution is 2.16. The van der Waals surface area contributed by atoms with Crippen molar-refractivity contribution in [3.8, 4) is 0 Å². The molecule has 0 amide bonds. The number of likely N-dealkylation sites (N-methyl/N-ethyl adjacent to an activating group) is 1. The van der Waals surface area contributed by atoms with E-state index in [9.17, 15) is 0 Å². The Hall–Kier alpha value is -0.900. The third kappa shape index (κ3) is 4.53. The lowest BCUT2D eigenvalue weighted by Gasteiger charge is -2.43. The van der Waals surface area contributed by atoms with Gasteiger partial charge in [-0.15, -0.1) is 0 Å². The van der Waals surface area contributed by atoms with Gasteiger partial charge in [-0.05, 0) is 38.4 Å². The molecule has 0 atom stereocenters. The third-order valence-corrected chi connectivity index (χ3v) is 4.73. The van der Waals surface area contributed by atoms with Crippen molar-refractivity contribution in [3.05, 3.63) is 35.4 Å². The van der Waals surface area contributed by atoms with Gasteiger partial charge in [0.05, 0.1) is 0 Å². The molecule has 0 radical (unpaired) electrons. The Morgan fingerprint density at radius 1 is 1.05 bits per heavy atom. The van der Waals surface area contributed by atoms with Gasteiger partial charge in [0, 0.05) is 44.8 Å². The Bertz CT molecular complexity index is 434. The van der Waals surface area contributed by atoms with E-state index in [4.69, 9.17) is 0 Å². The van der Waals surface area contributed by atoms with Crippen molar-refractivity contribution in [3.63, 3.8) is 0 Å². The second kappa shape index (κ2) is 7.39. The smallest absolute Gasteiger partial charge is 0.0278 e. The summed E-state index contributed by atoms with van der Waals surface area (Å²) in [6.45, 7) is 13.7. The van der Waals surface area contributed by atoms with Crippen LogP contribution >= 0.6 is 0 Å². The average molecular weight is 289 g/mol. The molecule has 1 aromatic rings. The highest BCUT2D eigenvalue weighted by Gasteiger charge is 2.28. The predicted molar refractivity (Wildman–Crippen MR) is 90.7 cm³/mol. The van der Waals surface area contributed by atoms with Crippen molar-refractivity contribution < 1.29 is 0 Å². The SMILES string of the molecule is CCc1ccccc1CNCC(C)(C)N1CCN(C)CC1. The fourth-order valence-electron chi connectivity index (χ4n) is 3.10. The number of aryl methyl sites for hydroxylation is 1. The minimum atomic E-state index is 0.225. The molecule has 0 aromatic heterocycles. The van der Waals surface area contributed by atoms with Crippen LogP contribution in [-0.2, 0) is 13.0 Å². The predicted octanol–water partition coefficient (Wildman–Crippen LogP) is 2.36. The van der Waals surface area contributed by atoms with Gasteiger partial charge < -0.3 is 10.2 Å². The summed E-state index contributed by atoms with van der Waals surface area (Å²) in [6, 6.07) is 8.76. The zero-order valence-electron chi connectivity index (χ0n) is 14.2. The van der Waals surface area contributed by atoms with Crippen molar-refractivity contribution in [1.82, 2.24) is 15.1 Å². The lowest BCUT2D eigenvalue weighted by atomic mass is 10.0. The Kier molecular flexibility index (Phi) is 5.80. The summed E-state index contributed by atoms with van der Waals surface area (Å²) < 4.78 is 0. The molecule has 0 unspecified atom stereocenters. The summed E-state index contributed by atoms with van der Waals surface area (Å²) >= 11 is 0. The second-order valence-electron chi connectivity index (χ2n) is 6.83.